The number of methoxy groups -OCH3 is 3. The third-order valence-electron chi connectivity index (χ3n) is 5.71. The number of hydrogen-bond acceptors (Lipinski definition) is 7. The quantitative estimate of drug-likeness (QED) is 0.407. The summed E-state index contributed by atoms with van der Waals surface area (Å²) in [6.07, 6.45) is 0.944. The third kappa shape index (κ3) is 3.95. The Hall–Kier alpha value is -3.14. The lowest BCUT2D eigenvalue weighted by Gasteiger charge is -2.34. The van der Waals surface area contributed by atoms with E-state index < -0.39 is 4.92 Å². The monoisotopic (exact) mass is 419 g/mol. The summed E-state index contributed by atoms with van der Waals surface area (Å²) in [7, 11) is 4.53. The van der Waals surface area contributed by atoms with Crippen LogP contribution in [0, 0.1) is 24.0 Å². The van der Waals surface area contributed by atoms with E-state index in [-0.39, 0.29) is 24.1 Å². The Labute approximate surface area is 174 Å². The second-order valence-corrected chi connectivity index (χ2v) is 7.33. The van der Waals surface area contributed by atoms with Crippen molar-refractivity contribution in [3.63, 3.8) is 0 Å². The highest BCUT2D eigenvalue weighted by atomic mass is 16.6. The molecule has 2 aromatic rings. The highest BCUT2D eigenvalue weighted by molar-refractivity contribution is 5.70. The molecule has 1 unspecified atom stereocenters. The number of aryl methyl sites for hydroxylation is 1. The molecule has 0 saturated heterocycles. The van der Waals surface area contributed by atoms with Gasteiger partial charge in [-0.1, -0.05) is 0 Å². The van der Waals surface area contributed by atoms with Gasteiger partial charge in [-0.05, 0) is 31.5 Å². The van der Waals surface area contributed by atoms with Gasteiger partial charge in [0.25, 0.3) is 0 Å². The molecular weight excluding hydrogens is 392 g/mol. The van der Waals surface area contributed by atoms with Crippen LogP contribution in [0.3, 0.4) is 0 Å². The van der Waals surface area contributed by atoms with Crippen LogP contribution in [0.2, 0.25) is 0 Å². The molecule has 10 heteroatoms. The van der Waals surface area contributed by atoms with Crippen molar-refractivity contribution in [2.24, 2.45) is 0 Å². The van der Waals surface area contributed by atoms with Crippen molar-refractivity contribution in [2.45, 2.75) is 39.4 Å². The molecule has 0 amide bonds. The summed E-state index contributed by atoms with van der Waals surface area (Å²) < 4.78 is 17.5. The molecule has 162 valence electrons. The lowest BCUT2D eigenvalue weighted by molar-refractivity contribution is -0.955. The molecule has 0 bridgehead atoms. The number of nitrogens with one attached hydrogen (secondary N) is 1. The summed E-state index contributed by atoms with van der Waals surface area (Å²) in [5, 5.41) is 15.7. The molecule has 0 spiro atoms. The minimum Gasteiger partial charge on any atom is -0.493 e. The number of esters is 1. The molecular formula is C20H27N4O6+. The fourth-order valence-corrected chi connectivity index (χ4v) is 4.16. The van der Waals surface area contributed by atoms with Gasteiger partial charge in [-0.2, -0.15) is 5.10 Å². The van der Waals surface area contributed by atoms with E-state index in [2.05, 4.69) is 5.10 Å². The Bertz CT molecular complexity index is 971. The molecule has 2 atom stereocenters. The Morgan fingerprint density at radius 3 is 2.50 bits per heavy atom. The first-order valence-corrected chi connectivity index (χ1v) is 9.65. The Morgan fingerprint density at radius 1 is 1.27 bits per heavy atom. The largest absolute Gasteiger partial charge is 0.493 e. The highest BCUT2D eigenvalue weighted by Crippen LogP contribution is 2.35. The fraction of sp³-hybridized carbons (Fsp3) is 0.500. The number of carbonyl (C=O) groups is 1. The molecule has 2 heterocycles. The minimum absolute atomic E-state index is 0.0303. The first kappa shape index (κ1) is 21.6. The van der Waals surface area contributed by atoms with Crippen molar-refractivity contribution in [3.05, 3.63) is 44.8 Å². The number of quaternary nitrogens is 1. The van der Waals surface area contributed by atoms with Crippen LogP contribution in [0.15, 0.2) is 12.1 Å². The predicted molar refractivity (Wildman–Crippen MR) is 107 cm³/mol. The van der Waals surface area contributed by atoms with Crippen molar-refractivity contribution >= 4 is 11.7 Å². The summed E-state index contributed by atoms with van der Waals surface area (Å²) in [5.41, 5.74) is 2.98. The van der Waals surface area contributed by atoms with E-state index in [1.807, 2.05) is 12.1 Å². The zero-order valence-corrected chi connectivity index (χ0v) is 17.9. The van der Waals surface area contributed by atoms with E-state index in [1.165, 1.54) is 7.11 Å². The molecule has 0 saturated carbocycles. The summed E-state index contributed by atoms with van der Waals surface area (Å²) >= 11 is 0. The maximum atomic E-state index is 12.2. The average Bonchev–Trinajstić information content (AvgIpc) is 3.01. The van der Waals surface area contributed by atoms with Gasteiger partial charge in [0, 0.05) is 12.0 Å². The van der Waals surface area contributed by atoms with E-state index in [4.69, 9.17) is 14.2 Å². The molecule has 1 N–H and O–H groups in total. The molecule has 0 aliphatic carbocycles. The van der Waals surface area contributed by atoms with E-state index in [0.29, 0.717) is 29.6 Å². The van der Waals surface area contributed by atoms with Crippen LogP contribution in [0.1, 0.15) is 35.0 Å². The first-order valence-electron chi connectivity index (χ1n) is 9.65. The van der Waals surface area contributed by atoms with E-state index in [0.717, 1.165) is 29.0 Å². The van der Waals surface area contributed by atoms with E-state index in [9.17, 15) is 14.9 Å². The van der Waals surface area contributed by atoms with Crippen molar-refractivity contribution in [1.82, 2.24) is 9.78 Å². The average molecular weight is 419 g/mol. The highest BCUT2D eigenvalue weighted by Gasteiger charge is 2.36. The Morgan fingerprint density at radius 2 is 1.93 bits per heavy atom. The van der Waals surface area contributed by atoms with Crippen LogP contribution in [-0.4, -0.2) is 48.5 Å². The Balaban J connectivity index is 2.00. The number of benzene rings is 1. The summed E-state index contributed by atoms with van der Waals surface area (Å²) in [4.78, 5) is 24.2. The lowest BCUT2D eigenvalue weighted by atomic mass is 9.90. The number of fused-ring (bicyclic) bond motifs is 1. The summed E-state index contributed by atoms with van der Waals surface area (Å²) in [6, 6.07) is 3.65. The number of nitrogens with zero attached hydrogens (tertiary/aromatic N) is 3. The second kappa shape index (κ2) is 8.70. The molecule has 0 fully saturated rings. The molecule has 30 heavy (non-hydrogen) atoms. The summed E-state index contributed by atoms with van der Waals surface area (Å²) in [6.45, 7) is 4.45. The topological polar surface area (TPSA) is 110 Å². The molecule has 1 aliphatic rings. The molecule has 10 nitrogen and oxygen atoms in total. The molecule has 1 aliphatic heterocycles. The van der Waals surface area contributed by atoms with Gasteiger partial charge in [0.05, 0.1) is 32.8 Å². The van der Waals surface area contributed by atoms with Crippen LogP contribution < -0.4 is 14.4 Å². The van der Waals surface area contributed by atoms with E-state index in [1.54, 1.807) is 32.7 Å². The number of nitro groups is 1. The second-order valence-electron chi connectivity index (χ2n) is 7.33. The number of rotatable bonds is 7. The molecule has 1 aromatic carbocycles. The van der Waals surface area contributed by atoms with Gasteiger partial charge < -0.3 is 19.1 Å². The number of hydrogen-bond donors (Lipinski definition) is 1. The van der Waals surface area contributed by atoms with Crippen molar-refractivity contribution < 1.29 is 28.8 Å². The van der Waals surface area contributed by atoms with Gasteiger partial charge in [0.1, 0.15) is 23.9 Å². The third-order valence-corrected chi connectivity index (χ3v) is 5.71. The SMILES string of the molecule is COC(=O)C[C@H]1c2cc(OC)c(OC)cc2CC[NH+]1Cn1nc(C)c([N+](=O)[O-])c1C. The molecule has 0 radical (unpaired) electrons. The normalized spacial score (nSPS) is 17.9. The van der Waals surface area contributed by atoms with Gasteiger partial charge in [-0.25, -0.2) is 4.68 Å². The van der Waals surface area contributed by atoms with Crippen LogP contribution in [0.25, 0.3) is 0 Å². The summed E-state index contributed by atoms with van der Waals surface area (Å²) in [5.74, 6) is 0.916. The molecule has 1 aromatic heterocycles. The first-order chi connectivity index (χ1) is 14.3. The smallest absolute Gasteiger partial charge is 0.312 e. The zero-order valence-electron chi connectivity index (χ0n) is 17.9. The predicted octanol–water partition coefficient (Wildman–Crippen LogP) is 1.13. The number of carbonyl (C=O) groups excluding carboxylic acids is 1. The van der Waals surface area contributed by atoms with Crippen molar-refractivity contribution in [3.8, 4) is 11.5 Å². The van der Waals surface area contributed by atoms with Gasteiger partial charge in [-0.15, -0.1) is 0 Å². The van der Waals surface area contributed by atoms with Gasteiger partial charge in [0.15, 0.2) is 18.2 Å². The lowest BCUT2D eigenvalue weighted by Crippen LogP contribution is -3.12. The fourth-order valence-electron chi connectivity index (χ4n) is 4.16. The Kier molecular flexibility index (Phi) is 6.25. The van der Waals surface area contributed by atoms with Gasteiger partial charge >= 0.3 is 11.7 Å². The van der Waals surface area contributed by atoms with Crippen LogP contribution in [-0.2, 0) is 22.6 Å². The zero-order chi connectivity index (χ0) is 22.0. The van der Waals surface area contributed by atoms with E-state index >= 15 is 0 Å². The maximum Gasteiger partial charge on any atom is 0.312 e. The maximum absolute atomic E-state index is 12.2. The standard InChI is InChI=1S/C20H26N4O6/c1-12-20(24(26)27)13(2)23(21-12)11-22-7-6-14-8-17(28-3)18(29-4)9-15(14)16(22)10-19(25)30-5/h8-9,16H,6-7,10-11H2,1-5H3/p+1/t16-/m0/s1. The van der Waals surface area contributed by atoms with Gasteiger partial charge in [0.2, 0.25) is 0 Å². The van der Waals surface area contributed by atoms with Crippen molar-refractivity contribution in [2.75, 3.05) is 27.9 Å². The van der Waals surface area contributed by atoms with Crippen molar-refractivity contribution in [1.29, 1.82) is 0 Å². The van der Waals surface area contributed by atoms with Crippen LogP contribution >= 0.6 is 0 Å². The van der Waals surface area contributed by atoms with Crippen LogP contribution in [0.4, 0.5) is 5.69 Å². The van der Waals surface area contributed by atoms with Gasteiger partial charge in [-0.3, -0.25) is 14.9 Å². The number of aromatic nitrogens is 2. The number of ether oxygens (including phenoxy) is 3. The van der Waals surface area contributed by atoms with Crippen LogP contribution in [0.5, 0.6) is 11.5 Å². The minimum atomic E-state index is -0.405. The molecule has 3 rings (SSSR count).